The van der Waals surface area contributed by atoms with Gasteiger partial charge in [0.2, 0.25) is 0 Å². The van der Waals surface area contributed by atoms with E-state index in [0.717, 1.165) is 22.3 Å². The molecule has 0 spiro atoms. The molecule has 0 saturated heterocycles. The molecule has 92 valence electrons. The first-order valence-electron chi connectivity index (χ1n) is 5.49. The number of thiazole rings is 2. The van der Waals surface area contributed by atoms with Crippen molar-refractivity contribution in [3.8, 4) is 0 Å². The highest BCUT2D eigenvalue weighted by Crippen LogP contribution is 2.18. The fourth-order valence-corrected chi connectivity index (χ4v) is 2.85. The predicted octanol–water partition coefficient (Wildman–Crippen LogP) is 2.47. The van der Waals surface area contributed by atoms with E-state index in [4.69, 9.17) is 5.73 Å². The van der Waals surface area contributed by atoms with Crippen LogP contribution in [0.1, 0.15) is 41.6 Å². The molecule has 0 aliphatic heterocycles. The van der Waals surface area contributed by atoms with Crippen molar-refractivity contribution in [3.63, 3.8) is 0 Å². The number of nitrogens with two attached hydrogens (primary N) is 1. The summed E-state index contributed by atoms with van der Waals surface area (Å²) in [6, 6.07) is 0.278. The van der Waals surface area contributed by atoms with Crippen LogP contribution < -0.4 is 11.1 Å². The Hall–Kier alpha value is -0.820. The van der Waals surface area contributed by atoms with Gasteiger partial charge in [0, 0.05) is 23.5 Å². The second-order valence-electron chi connectivity index (χ2n) is 3.94. The summed E-state index contributed by atoms with van der Waals surface area (Å²) >= 11 is 3.28. The first kappa shape index (κ1) is 12.6. The Morgan fingerprint density at radius 2 is 2.18 bits per heavy atom. The minimum atomic E-state index is 0.0186. The van der Waals surface area contributed by atoms with Crippen molar-refractivity contribution < 1.29 is 0 Å². The van der Waals surface area contributed by atoms with Crippen molar-refractivity contribution in [1.29, 1.82) is 0 Å². The van der Waals surface area contributed by atoms with Crippen LogP contribution in [0, 0.1) is 0 Å². The number of rotatable bonds is 5. The van der Waals surface area contributed by atoms with Crippen LogP contribution in [0.4, 0.5) is 0 Å². The van der Waals surface area contributed by atoms with Crippen LogP contribution in [0.25, 0.3) is 0 Å². The van der Waals surface area contributed by atoms with E-state index in [1.54, 1.807) is 22.7 Å². The normalized spacial score (nSPS) is 14.8. The van der Waals surface area contributed by atoms with Crippen molar-refractivity contribution in [2.24, 2.45) is 5.73 Å². The van der Waals surface area contributed by atoms with Crippen LogP contribution in [-0.2, 0) is 6.54 Å². The van der Waals surface area contributed by atoms with Crippen LogP contribution in [-0.4, -0.2) is 9.97 Å². The monoisotopic (exact) mass is 268 g/mol. The lowest BCUT2D eigenvalue weighted by atomic mass is 10.3. The SMILES string of the molecule is CC(N)c1nc(CNC(C)c2nccs2)cs1. The molecule has 0 fully saturated rings. The molecule has 0 saturated carbocycles. The van der Waals surface area contributed by atoms with E-state index in [1.165, 1.54) is 0 Å². The zero-order chi connectivity index (χ0) is 12.3. The first-order valence-corrected chi connectivity index (χ1v) is 7.25. The third-order valence-corrected chi connectivity index (χ3v) is 4.42. The summed E-state index contributed by atoms with van der Waals surface area (Å²) in [5.74, 6) is 0. The fraction of sp³-hybridized carbons (Fsp3) is 0.455. The maximum atomic E-state index is 5.78. The van der Waals surface area contributed by atoms with Crippen molar-refractivity contribution in [2.45, 2.75) is 32.5 Å². The van der Waals surface area contributed by atoms with E-state index < -0.39 is 0 Å². The topological polar surface area (TPSA) is 63.8 Å². The molecule has 0 aromatic carbocycles. The Bertz CT molecular complexity index is 450. The molecule has 0 aliphatic carbocycles. The molecular weight excluding hydrogens is 252 g/mol. The van der Waals surface area contributed by atoms with Gasteiger partial charge in [0.05, 0.1) is 17.8 Å². The van der Waals surface area contributed by atoms with Gasteiger partial charge in [-0.3, -0.25) is 0 Å². The zero-order valence-corrected chi connectivity index (χ0v) is 11.5. The van der Waals surface area contributed by atoms with Gasteiger partial charge < -0.3 is 11.1 Å². The Kier molecular flexibility index (Phi) is 4.22. The predicted molar refractivity (Wildman–Crippen MR) is 72.1 cm³/mol. The average Bonchev–Trinajstić information content (AvgIpc) is 2.97. The minimum Gasteiger partial charge on any atom is -0.322 e. The van der Waals surface area contributed by atoms with Crippen LogP contribution in [0.15, 0.2) is 17.0 Å². The molecule has 3 N–H and O–H groups in total. The highest BCUT2D eigenvalue weighted by atomic mass is 32.1. The van der Waals surface area contributed by atoms with Crippen LogP contribution in [0.3, 0.4) is 0 Å². The molecule has 6 heteroatoms. The highest BCUT2D eigenvalue weighted by molar-refractivity contribution is 7.10. The van der Waals surface area contributed by atoms with Gasteiger partial charge in [0.15, 0.2) is 0 Å². The van der Waals surface area contributed by atoms with Crippen molar-refractivity contribution in [1.82, 2.24) is 15.3 Å². The van der Waals surface area contributed by atoms with Gasteiger partial charge in [-0.05, 0) is 13.8 Å². The minimum absolute atomic E-state index is 0.0186. The number of nitrogens with one attached hydrogen (secondary N) is 1. The second kappa shape index (κ2) is 5.68. The summed E-state index contributed by atoms with van der Waals surface area (Å²) in [5, 5.41) is 9.55. The van der Waals surface area contributed by atoms with Crippen molar-refractivity contribution >= 4 is 22.7 Å². The van der Waals surface area contributed by atoms with Gasteiger partial charge in [0.1, 0.15) is 10.0 Å². The molecule has 2 heterocycles. The van der Waals surface area contributed by atoms with E-state index in [-0.39, 0.29) is 12.1 Å². The first-order chi connectivity index (χ1) is 8.16. The number of hydrogen-bond acceptors (Lipinski definition) is 6. The van der Waals surface area contributed by atoms with Crippen molar-refractivity contribution in [3.05, 3.63) is 32.7 Å². The summed E-state index contributed by atoms with van der Waals surface area (Å²) in [4.78, 5) is 8.76. The third kappa shape index (κ3) is 3.32. The largest absolute Gasteiger partial charge is 0.322 e. The maximum Gasteiger partial charge on any atom is 0.109 e. The molecule has 2 aromatic heterocycles. The Labute approximate surface area is 109 Å². The quantitative estimate of drug-likeness (QED) is 0.874. The van der Waals surface area contributed by atoms with Gasteiger partial charge in [-0.25, -0.2) is 9.97 Å². The highest BCUT2D eigenvalue weighted by Gasteiger charge is 2.09. The van der Waals surface area contributed by atoms with E-state index in [0.29, 0.717) is 0 Å². The molecule has 17 heavy (non-hydrogen) atoms. The second-order valence-corrected chi connectivity index (χ2v) is 5.75. The van der Waals surface area contributed by atoms with Gasteiger partial charge >= 0.3 is 0 Å². The third-order valence-electron chi connectivity index (χ3n) is 2.37. The molecule has 0 radical (unpaired) electrons. The lowest BCUT2D eigenvalue weighted by Crippen LogP contribution is -2.18. The maximum absolute atomic E-state index is 5.78. The molecule has 2 unspecified atom stereocenters. The Morgan fingerprint density at radius 3 is 2.76 bits per heavy atom. The van der Waals surface area contributed by atoms with Gasteiger partial charge in [-0.15, -0.1) is 22.7 Å². The summed E-state index contributed by atoms with van der Waals surface area (Å²) in [6.45, 7) is 4.82. The van der Waals surface area contributed by atoms with E-state index in [1.807, 2.05) is 18.5 Å². The molecule has 4 nitrogen and oxygen atoms in total. The van der Waals surface area contributed by atoms with Gasteiger partial charge in [-0.2, -0.15) is 0 Å². The molecule has 2 aromatic rings. The van der Waals surface area contributed by atoms with Crippen LogP contribution >= 0.6 is 22.7 Å². The molecule has 0 bridgehead atoms. The molecule has 0 amide bonds. The van der Waals surface area contributed by atoms with Crippen LogP contribution in [0.5, 0.6) is 0 Å². The number of aromatic nitrogens is 2. The average molecular weight is 268 g/mol. The summed E-state index contributed by atoms with van der Waals surface area (Å²) in [5.41, 5.74) is 6.83. The summed E-state index contributed by atoms with van der Waals surface area (Å²) in [6.07, 6.45) is 1.83. The summed E-state index contributed by atoms with van der Waals surface area (Å²) in [7, 11) is 0. The summed E-state index contributed by atoms with van der Waals surface area (Å²) < 4.78 is 0. The zero-order valence-electron chi connectivity index (χ0n) is 9.88. The molecule has 0 aliphatic rings. The lowest BCUT2D eigenvalue weighted by Gasteiger charge is -2.09. The van der Waals surface area contributed by atoms with Gasteiger partial charge in [-0.1, -0.05) is 0 Å². The number of hydrogen-bond donors (Lipinski definition) is 2. The Balaban J connectivity index is 1.89. The van der Waals surface area contributed by atoms with E-state index in [2.05, 4.69) is 27.6 Å². The van der Waals surface area contributed by atoms with E-state index in [9.17, 15) is 0 Å². The smallest absolute Gasteiger partial charge is 0.109 e. The molecule has 2 rings (SSSR count). The Morgan fingerprint density at radius 1 is 1.35 bits per heavy atom. The van der Waals surface area contributed by atoms with Crippen molar-refractivity contribution in [2.75, 3.05) is 0 Å². The fourth-order valence-electron chi connectivity index (χ4n) is 1.41. The molecular formula is C11H16N4S2. The van der Waals surface area contributed by atoms with E-state index >= 15 is 0 Å². The molecule has 2 atom stereocenters. The lowest BCUT2D eigenvalue weighted by molar-refractivity contribution is 0.565. The van der Waals surface area contributed by atoms with Crippen LogP contribution in [0.2, 0.25) is 0 Å². The van der Waals surface area contributed by atoms with Gasteiger partial charge in [0.25, 0.3) is 0 Å². The standard InChI is InChI=1S/C11H16N4S2/c1-7(12)10-15-9(6-17-10)5-14-8(2)11-13-3-4-16-11/h3-4,6-8,14H,5,12H2,1-2H3. The number of nitrogens with zero attached hydrogens (tertiary/aromatic N) is 2.